The maximum absolute atomic E-state index is 13.6. The molecule has 270 valence electrons. The van der Waals surface area contributed by atoms with Crippen molar-refractivity contribution in [3.8, 4) is 22.6 Å². The Balaban J connectivity index is 1.43. The van der Waals surface area contributed by atoms with Crippen LogP contribution in [0.1, 0.15) is 39.5 Å². The van der Waals surface area contributed by atoms with E-state index in [1.807, 2.05) is 29.0 Å². The van der Waals surface area contributed by atoms with Crippen molar-refractivity contribution in [3.05, 3.63) is 143 Å². The molecular formula is C36H25ClF6N2O6S. The first-order chi connectivity index (χ1) is 24.4. The molecule has 0 fully saturated rings. The van der Waals surface area contributed by atoms with E-state index in [2.05, 4.69) is 5.32 Å². The summed E-state index contributed by atoms with van der Waals surface area (Å²) >= 11 is 6.06. The maximum atomic E-state index is 13.6. The summed E-state index contributed by atoms with van der Waals surface area (Å²) in [4.78, 5) is 24.0. The van der Waals surface area contributed by atoms with Crippen molar-refractivity contribution in [3.63, 3.8) is 0 Å². The Morgan fingerprint density at radius 2 is 1.37 bits per heavy atom. The molecule has 0 aromatic heterocycles. The van der Waals surface area contributed by atoms with Gasteiger partial charge in [-0.3, -0.25) is 14.3 Å². The van der Waals surface area contributed by atoms with E-state index in [9.17, 15) is 49.5 Å². The number of hydrogen-bond acceptors (Lipinski definition) is 5. The number of nitrogens with one attached hydrogen (secondary N) is 2. The van der Waals surface area contributed by atoms with Crippen molar-refractivity contribution in [2.24, 2.45) is 0 Å². The Morgan fingerprint density at radius 1 is 0.769 bits per heavy atom. The van der Waals surface area contributed by atoms with E-state index in [0.29, 0.717) is 28.2 Å². The lowest BCUT2D eigenvalue weighted by molar-refractivity contribution is -0.143. The van der Waals surface area contributed by atoms with Crippen molar-refractivity contribution >= 4 is 39.2 Å². The van der Waals surface area contributed by atoms with Gasteiger partial charge in [0.1, 0.15) is 11.5 Å². The van der Waals surface area contributed by atoms with Gasteiger partial charge in [-0.2, -0.15) is 26.3 Å². The lowest BCUT2D eigenvalue weighted by Crippen LogP contribution is -2.31. The Labute approximate surface area is 297 Å². The number of para-hydroxylation sites is 2. The van der Waals surface area contributed by atoms with E-state index in [1.54, 1.807) is 54.6 Å². The molecule has 0 heterocycles. The van der Waals surface area contributed by atoms with Gasteiger partial charge in [0, 0.05) is 10.6 Å². The number of hydrogen-bond donors (Lipinski definition) is 3. The first-order valence-electron chi connectivity index (χ1n) is 15.0. The third-order valence-electron chi connectivity index (χ3n) is 7.51. The number of rotatable bonds is 11. The van der Waals surface area contributed by atoms with Crippen molar-refractivity contribution in [1.82, 2.24) is 5.32 Å². The van der Waals surface area contributed by atoms with Gasteiger partial charge in [0.2, 0.25) is 0 Å². The van der Waals surface area contributed by atoms with Crippen LogP contribution >= 0.6 is 11.6 Å². The van der Waals surface area contributed by atoms with Gasteiger partial charge in [-0.15, -0.1) is 0 Å². The van der Waals surface area contributed by atoms with Crippen LogP contribution in [-0.4, -0.2) is 25.4 Å². The number of carboxylic acids is 1. The van der Waals surface area contributed by atoms with Crippen LogP contribution in [0.15, 0.2) is 120 Å². The van der Waals surface area contributed by atoms with Crippen LogP contribution in [0.5, 0.6) is 11.5 Å². The first kappa shape index (κ1) is 37.7. The molecule has 0 saturated carbocycles. The number of carbonyl (C=O) groups excluding carboxylic acids is 1. The highest BCUT2D eigenvalue weighted by molar-refractivity contribution is 7.92. The fraction of sp³-hybridized carbons (Fsp3) is 0.111. The zero-order valence-electron chi connectivity index (χ0n) is 26.3. The zero-order valence-corrected chi connectivity index (χ0v) is 27.9. The van der Waals surface area contributed by atoms with Crippen molar-refractivity contribution in [2.75, 3.05) is 4.72 Å². The van der Waals surface area contributed by atoms with Crippen LogP contribution in [0.25, 0.3) is 11.1 Å². The van der Waals surface area contributed by atoms with Gasteiger partial charge in [0.05, 0.1) is 39.7 Å². The predicted octanol–water partition coefficient (Wildman–Crippen LogP) is 9.58. The molecule has 16 heteroatoms. The van der Waals surface area contributed by atoms with Gasteiger partial charge in [0.15, 0.2) is 0 Å². The fourth-order valence-corrected chi connectivity index (χ4v) is 6.37. The molecule has 52 heavy (non-hydrogen) atoms. The first-order valence-corrected chi connectivity index (χ1v) is 16.8. The average Bonchev–Trinajstić information content (AvgIpc) is 3.08. The molecule has 5 rings (SSSR count). The summed E-state index contributed by atoms with van der Waals surface area (Å²) < 4.78 is 115. The van der Waals surface area contributed by atoms with Crippen molar-refractivity contribution < 1.29 is 54.2 Å². The quantitative estimate of drug-likeness (QED) is 0.115. The molecule has 5 aromatic rings. The molecule has 0 saturated heterocycles. The van der Waals surface area contributed by atoms with E-state index >= 15 is 0 Å². The summed E-state index contributed by atoms with van der Waals surface area (Å²) in [5.41, 5.74) is -3.08. The second kappa shape index (κ2) is 15.0. The van der Waals surface area contributed by atoms with Crippen LogP contribution in [0, 0.1) is 0 Å². The topological polar surface area (TPSA) is 122 Å². The predicted molar refractivity (Wildman–Crippen MR) is 180 cm³/mol. The van der Waals surface area contributed by atoms with Crippen LogP contribution in [-0.2, 0) is 27.2 Å². The molecule has 0 aliphatic carbocycles. The zero-order chi connectivity index (χ0) is 37.8. The van der Waals surface area contributed by atoms with E-state index in [4.69, 9.17) is 16.3 Å². The molecule has 8 nitrogen and oxygen atoms in total. The molecule has 1 atom stereocenters. The molecule has 5 aromatic carbocycles. The Morgan fingerprint density at radius 3 is 1.96 bits per heavy atom. The largest absolute Gasteiger partial charge is 0.481 e. The molecule has 0 radical (unpaired) electrons. The summed E-state index contributed by atoms with van der Waals surface area (Å²) in [6.45, 7) is 0. The second-order valence-corrected chi connectivity index (χ2v) is 13.3. The fourth-order valence-electron chi connectivity index (χ4n) is 5.05. The highest BCUT2D eigenvalue weighted by Gasteiger charge is 2.38. The molecule has 1 unspecified atom stereocenters. The number of carbonyl (C=O) groups is 2. The highest BCUT2D eigenvalue weighted by atomic mass is 35.5. The number of benzene rings is 5. The molecule has 0 aliphatic rings. The third-order valence-corrected chi connectivity index (χ3v) is 9.09. The van der Waals surface area contributed by atoms with E-state index < -0.39 is 74.0 Å². The van der Waals surface area contributed by atoms with Crippen LogP contribution < -0.4 is 14.8 Å². The van der Waals surface area contributed by atoms with Crippen LogP contribution in [0.2, 0.25) is 5.02 Å². The molecule has 0 bridgehead atoms. The number of amides is 1. The maximum Gasteiger partial charge on any atom is 0.416 e. The summed E-state index contributed by atoms with van der Waals surface area (Å²) in [6, 6.07) is 24.4. The van der Waals surface area contributed by atoms with Crippen molar-refractivity contribution in [1.29, 1.82) is 0 Å². The summed E-state index contributed by atoms with van der Waals surface area (Å²) in [5, 5.41) is 12.0. The smallest absolute Gasteiger partial charge is 0.416 e. The van der Waals surface area contributed by atoms with Crippen LogP contribution in [0.3, 0.4) is 0 Å². The summed E-state index contributed by atoms with van der Waals surface area (Å²) in [7, 11) is -5.18. The number of sulfonamides is 1. The van der Waals surface area contributed by atoms with Gasteiger partial charge >= 0.3 is 18.3 Å². The van der Waals surface area contributed by atoms with Gasteiger partial charge in [-0.1, -0.05) is 72.3 Å². The Hall–Kier alpha value is -5.54. The number of carboxylic acid groups (broad SMARTS) is 1. The van der Waals surface area contributed by atoms with E-state index in [1.165, 1.54) is 0 Å². The molecular weight excluding hydrogens is 738 g/mol. The highest BCUT2D eigenvalue weighted by Crippen LogP contribution is 2.38. The second-order valence-electron chi connectivity index (χ2n) is 11.2. The number of ether oxygens (including phenoxy) is 1. The lowest BCUT2D eigenvalue weighted by Gasteiger charge is -2.20. The standard InChI is InChI=1S/C36H25ClF6N2O6S/c37-25-14-15-30(45-52(49,50)27-17-23(35(38,39)40)16-24(18-27)36(41,42)43)29(19-25)34(48)44-31(20-33(46)47)22-12-10-21(11-13-22)28-8-4-5-9-32(28)51-26-6-2-1-3-7-26/h1-19,31,45H,20H2,(H,44,48)(H,46,47). The minimum absolute atomic E-state index is 0.0198. The lowest BCUT2D eigenvalue weighted by atomic mass is 9.98. The van der Waals surface area contributed by atoms with Gasteiger partial charge < -0.3 is 15.2 Å². The van der Waals surface area contributed by atoms with Gasteiger partial charge in [-0.05, 0) is 65.7 Å². The Kier molecular flexibility index (Phi) is 10.9. The van der Waals surface area contributed by atoms with E-state index in [0.717, 1.165) is 18.2 Å². The minimum atomic E-state index is -5.33. The summed E-state index contributed by atoms with van der Waals surface area (Å²) in [6.07, 6.45) is -11.3. The van der Waals surface area contributed by atoms with E-state index in [-0.39, 0.29) is 23.2 Å². The molecule has 3 N–H and O–H groups in total. The molecule has 0 spiro atoms. The number of alkyl halides is 6. The SMILES string of the molecule is O=C(O)CC(NC(=O)c1cc(Cl)ccc1NS(=O)(=O)c1cc(C(F)(F)F)cc(C(F)(F)F)c1)c1ccc(-c2ccccc2Oc2ccccc2)cc1. The monoisotopic (exact) mass is 762 g/mol. The normalized spacial score (nSPS) is 12.5. The molecule has 0 aliphatic heterocycles. The minimum Gasteiger partial charge on any atom is -0.481 e. The van der Waals surface area contributed by atoms with Gasteiger partial charge in [-0.25, -0.2) is 8.42 Å². The van der Waals surface area contributed by atoms with Crippen molar-refractivity contribution in [2.45, 2.75) is 29.7 Å². The number of aliphatic carboxylic acids is 1. The third kappa shape index (κ3) is 9.22. The van der Waals surface area contributed by atoms with Gasteiger partial charge in [0.25, 0.3) is 15.9 Å². The molecule has 1 amide bonds. The average molecular weight is 763 g/mol. The number of halogens is 7. The van der Waals surface area contributed by atoms with Crippen LogP contribution in [0.4, 0.5) is 32.0 Å². The summed E-state index contributed by atoms with van der Waals surface area (Å²) in [5.74, 6) is -1.24. The Bertz CT molecular complexity index is 2180. The number of anilines is 1.